The molecule has 0 aromatic heterocycles. The van der Waals surface area contributed by atoms with Gasteiger partial charge in [-0.25, -0.2) is 14.8 Å². The highest BCUT2D eigenvalue weighted by Crippen LogP contribution is 2.19. The number of methoxy groups -OCH3 is 1. The van der Waals surface area contributed by atoms with Crippen LogP contribution in [0.5, 0.6) is 0 Å². The fourth-order valence-corrected chi connectivity index (χ4v) is 1.73. The Labute approximate surface area is 84.8 Å². The van der Waals surface area contributed by atoms with Gasteiger partial charge in [0.2, 0.25) is 0 Å². The molecule has 0 N–H and O–H groups in total. The number of nitrogens with zero attached hydrogens (tertiary/aromatic N) is 2. The number of hydrazine groups is 1. The molecule has 4 nitrogen and oxygen atoms in total. The predicted molar refractivity (Wildman–Crippen MR) is 53.3 cm³/mol. The molecule has 0 saturated carbocycles. The summed E-state index contributed by atoms with van der Waals surface area (Å²) in [7, 11) is 1.38. The van der Waals surface area contributed by atoms with Crippen LogP contribution in [0.25, 0.3) is 0 Å². The van der Waals surface area contributed by atoms with Crippen LogP contribution in [0.15, 0.2) is 0 Å². The van der Waals surface area contributed by atoms with E-state index in [0.717, 1.165) is 19.4 Å². The monoisotopic (exact) mass is 196 g/mol. The van der Waals surface area contributed by atoms with Crippen LogP contribution in [0.2, 0.25) is 0 Å². The Morgan fingerprint density at radius 2 is 2.50 bits per heavy atom. The number of hydrogen-bond donors (Lipinski definition) is 0. The van der Waals surface area contributed by atoms with Crippen LogP contribution in [0.3, 0.4) is 0 Å². The summed E-state index contributed by atoms with van der Waals surface area (Å²) in [4.78, 5) is 11.4. The summed E-state index contributed by atoms with van der Waals surface area (Å²) in [5.74, 6) is 2.68. The zero-order valence-electron chi connectivity index (χ0n) is 8.69. The number of carbonyl (C=O) groups excluding carboxylic acids is 1. The minimum Gasteiger partial charge on any atom is -0.452 e. The highest BCUT2D eigenvalue weighted by molar-refractivity contribution is 5.66. The van der Waals surface area contributed by atoms with Crippen molar-refractivity contribution in [2.75, 3.05) is 20.2 Å². The molecule has 0 radical (unpaired) electrons. The van der Waals surface area contributed by atoms with Gasteiger partial charge in [0.15, 0.2) is 0 Å². The van der Waals surface area contributed by atoms with Crippen molar-refractivity contribution in [3.05, 3.63) is 0 Å². The van der Waals surface area contributed by atoms with Crippen molar-refractivity contribution < 1.29 is 9.53 Å². The second-order valence-electron chi connectivity index (χ2n) is 3.17. The maximum atomic E-state index is 11.4. The summed E-state index contributed by atoms with van der Waals surface area (Å²) in [6.45, 7) is 3.32. The average molecular weight is 196 g/mol. The van der Waals surface area contributed by atoms with Crippen molar-refractivity contribution in [1.29, 1.82) is 0 Å². The molecule has 1 heterocycles. The smallest absolute Gasteiger partial charge is 0.424 e. The molecule has 0 aromatic rings. The first-order valence-electron chi connectivity index (χ1n) is 4.82. The second-order valence-corrected chi connectivity index (χ2v) is 3.17. The molecule has 1 aliphatic heterocycles. The van der Waals surface area contributed by atoms with E-state index in [1.165, 1.54) is 7.11 Å². The number of carbonyl (C=O) groups is 1. The maximum Gasteiger partial charge on any atom is 0.424 e. The van der Waals surface area contributed by atoms with Crippen molar-refractivity contribution in [3.8, 4) is 12.3 Å². The van der Waals surface area contributed by atoms with E-state index in [2.05, 4.69) is 10.7 Å². The van der Waals surface area contributed by atoms with Gasteiger partial charge in [-0.1, -0.05) is 5.92 Å². The third kappa shape index (κ3) is 1.99. The maximum absolute atomic E-state index is 11.4. The molecule has 1 unspecified atom stereocenters. The first-order chi connectivity index (χ1) is 6.74. The Morgan fingerprint density at radius 3 is 3.00 bits per heavy atom. The van der Waals surface area contributed by atoms with Gasteiger partial charge in [-0.2, -0.15) is 0 Å². The van der Waals surface area contributed by atoms with E-state index in [1.807, 2.05) is 11.9 Å². The molecule has 1 rings (SSSR count). The summed E-state index contributed by atoms with van der Waals surface area (Å²) in [6, 6.07) is 0.0362. The summed E-state index contributed by atoms with van der Waals surface area (Å²) < 4.78 is 4.69. The number of terminal acetylenes is 1. The Kier molecular flexibility index (Phi) is 3.78. The van der Waals surface area contributed by atoms with Gasteiger partial charge in [-0.05, 0) is 19.8 Å². The fraction of sp³-hybridized carbons (Fsp3) is 0.700. The Hall–Kier alpha value is -1.21. The molecule has 0 spiro atoms. The van der Waals surface area contributed by atoms with Crippen molar-refractivity contribution in [3.63, 3.8) is 0 Å². The first kappa shape index (κ1) is 10.9. The molecule has 1 atom stereocenters. The van der Waals surface area contributed by atoms with E-state index in [4.69, 9.17) is 6.42 Å². The van der Waals surface area contributed by atoms with Crippen LogP contribution >= 0.6 is 0 Å². The summed E-state index contributed by atoms with van der Waals surface area (Å²) >= 11 is 0. The van der Waals surface area contributed by atoms with E-state index < -0.39 is 0 Å². The van der Waals surface area contributed by atoms with Gasteiger partial charge in [0.05, 0.1) is 13.2 Å². The van der Waals surface area contributed by atoms with E-state index in [-0.39, 0.29) is 12.1 Å². The molecule has 78 valence electrons. The molecular weight excluding hydrogens is 180 g/mol. The molecule has 1 amide bonds. The molecule has 4 heteroatoms. The lowest BCUT2D eigenvalue weighted by Crippen LogP contribution is -2.48. The normalized spacial score (nSPS) is 21.6. The third-order valence-corrected chi connectivity index (χ3v) is 2.41. The topological polar surface area (TPSA) is 32.8 Å². The number of ether oxygens (including phenoxy) is 1. The molecule has 0 aliphatic carbocycles. The van der Waals surface area contributed by atoms with E-state index >= 15 is 0 Å². The van der Waals surface area contributed by atoms with Gasteiger partial charge in [0.1, 0.15) is 0 Å². The largest absolute Gasteiger partial charge is 0.452 e. The second kappa shape index (κ2) is 4.87. The quantitative estimate of drug-likeness (QED) is 0.620. The number of rotatable bonds is 2. The van der Waals surface area contributed by atoms with Gasteiger partial charge in [-0.15, -0.1) is 6.42 Å². The lowest BCUT2D eigenvalue weighted by molar-refractivity contribution is -0.00924. The predicted octanol–water partition coefficient (Wildman–Crippen LogP) is 1.09. The van der Waals surface area contributed by atoms with Crippen LogP contribution in [0.4, 0.5) is 4.79 Å². The minimum atomic E-state index is -0.338. The van der Waals surface area contributed by atoms with Crippen molar-refractivity contribution in [2.24, 2.45) is 0 Å². The van der Waals surface area contributed by atoms with Crippen LogP contribution < -0.4 is 0 Å². The SMILES string of the molecule is C#CC1CCCN1N(CC)C(=O)OC. The van der Waals surface area contributed by atoms with Crippen molar-refractivity contribution in [1.82, 2.24) is 10.0 Å². The van der Waals surface area contributed by atoms with Crippen molar-refractivity contribution >= 4 is 6.09 Å². The van der Waals surface area contributed by atoms with Crippen LogP contribution in [-0.2, 0) is 4.74 Å². The summed E-state index contributed by atoms with van der Waals surface area (Å²) in [5, 5.41) is 3.48. The van der Waals surface area contributed by atoms with Gasteiger partial charge < -0.3 is 4.74 Å². The molecule has 1 aliphatic rings. The van der Waals surface area contributed by atoms with Gasteiger partial charge in [0, 0.05) is 13.1 Å². The molecule has 1 fully saturated rings. The zero-order chi connectivity index (χ0) is 10.6. The van der Waals surface area contributed by atoms with Gasteiger partial charge in [0.25, 0.3) is 0 Å². The lowest BCUT2D eigenvalue weighted by Gasteiger charge is -2.31. The summed E-state index contributed by atoms with van der Waals surface area (Å²) in [6.07, 6.45) is 7.03. The van der Waals surface area contributed by atoms with Gasteiger partial charge in [-0.3, -0.25) is 0 Å². The number of amides is 1. The molecule has 1 saturated heterocycles. The zero-order valence-corrected chi connectivity index (χ0v) is 8.69. The molecular formula is C10H16N2O2. The average Bonchev–Trinajstić information content (AvgIpc) is 2.66. The molecule has 0 aromatic carbocycles. The first-order valence-corrected chi connectivity index (χ1v) is 4.82. The minimum absolute atomic E-state index is 0.0362. The highest BCUT2D eigenvalue weighted by atomic mass is 16.5. The standard InChI is InChI=1S/C10H16N2O2/c1-4-9-7-6-8-12(9)11(5-2)10(13)14-3/h1,9H,5-8H2,2-3H3. The van der Waals surface area contributed by atoms with Gasteiger partial charge >= 0.3 is 6.09 Å². The van der Waals surface area contributed by atoms with Crippen LogP contribution in [0.1, 0.15) is 19.8 Å². The Bertz CT molecular complexity index is 247. The fourth-order valence-electron chi connectivity index (χ4n) is 1.73. The van der Waals surface area contributed by atoms with E-state index in [9.17, 15) is 4.79 Å². The Morgan fingerprint density at radius 1 is 1.79 bits per heavy atom. The molecule has 0 bridgehead atoms. The molecule has 14 heavy (non-hydrogen) atoms. The third-order valence-electron chi connectivity index (χ3n) is 2.41. The lowest BCUT2D eigenvalue weighted by atomic mass is 10.2. The van der Waals surface area contributed by atoms with Crippen LogP contribution in [0, 0.1) is 12.3 Å². The Balaban J connectivity index is 2.69. The van der Waals surface area contributed by atoms with Crippen LogP contribution in [-0.4, -0.2) is 42.4 Å². The van der Waals surface area contributed by atoms with Crippen molar-refractivity contribution in [2.45, 2.75) is 25.8 Å². The summed E-state index contributed by atoms with van der Waals surface area (Å²) in [5.41, 5.74) is 0. The number of hydrogen-bond acceptors (Lipinski definition) is 3. The van der Waals surface area contributed by atoms with E-state index in [0.29, 0.717) is 6.54 Å². The van der Waals surface area contributed by atoms with E-state index in [1.54, 1.807) is 5.01 Å². The highest BCUT2D eigenvalue weighted by Gasteiger charge is 2.30.